The van der Waals surface area contributed by atoms with Gasteiger partial charge in [0.1, 0.15) is 5.75 Å². The molecule has 0 aliphatic rings. The van der Waals surface area contributed by atoms with Crippen molar-refractivity contribution in [2.45, 2.75) is 71.8 Å². The molecule has 0 N–H and O–H groups in total. The summed E-state index contributed by atoms with van der Waals surface area (Å²) in [5.74, 6) is 1.69. The van der Waals surface area contributed by atoms with E-state index in [9.17, 15) is 0 Å². The van der Waals surface area contributed by atoms with Crippen LogP contribution < -0.4 is 4.74 Å². The topological polar surface area (TPSA) is 35.0 Å². The Labute approximate surface area is 146 Å². The van der Waals surface area contributed by atoms with Crippen LogP contribution in [0, 0.1) is 0 Å². The molecule has 0 spiro atoms. The fraction of sp³-hybridized carbons (Fsp3) is 0.524. The summed E-state index contributed by atoms with van der Waals surface area (Å²) in [6, 6.07) is 8.10. The third kappa shape index (κ3) is 5.95. The van der Waals surface area contributed by atoms with Gasteiger partial charge in [-0.15, -0.1) is 0 Å². The van der Waals surface area contributed by atoms with Gasteiger partial charge in [-0.1, -0.05) is 39.5 Å². The number of hydrogen-bond donors (Lipinski definition) is 0. The largest absolute Gasteiger partial charge is 0.491 e. The summed E-state index contributed by atoms with van der Waals surface area (Å²) in [6.07, 6.45) is 12.5. The Morgan fingerprint density at radius 3 is 2.25 bits per heavy atom. The minimum absolute atomic E-state index is 0.261. The molecule has 2 aromatic rings. The molecule has 0 amide bonds. The molecule has 1 heterocycles. The molecular formula is C21H30N2O. The highest BCUT2D eigenvalue weighted by Crippen LogP contribution is 2.21. The molecular weight excluding hydrogens is 296 g/mol. The Morgan fingerprint density at radius 1 is 0.917 bits per heavy atom. The third-order valence-corrected chi connectivity index (χ3v) is 4.16. The lowest BCUT2D eigenvalue weighted by Crippen LogP contribution is -2.11. The molecule has 0 aliphatic carbocycles. The van der Waals surface area contributed by atoms with Gasteiger partial charge in [0.2, 0.25) is 0 Å². The Kier molecular flexibility index (Phi) is 7.73. The first-order valence-corrected chi connectivity index (χ1v) is 9.31. The van der Waals surface area contributed by atoms with E-state index < -0.39 is 0 Å². The number of unbranched alkanes of at least 4 members (excludes halogenated alkanes) is 3. The molecule has 1 aromatic heterocycles. The lowest BCUT2D eigenvalue weighted by atomic mass is 10.1. The number of rotatable bonds is 10. The van der Waals surface area contributed by atoms with E-state index in [0.29, 0.717) is 0 Å². The second-order valence-corrected chi connectivity index (χ2v) is 6.47. The maximum Gasteiger partial charge on any atom is 0.159 e. The molecule has 130 valence electrons. The number of aromatic nitrogens is 2. The fourth-order valence-electron chi connectivity index (χ4n) is 2.75. The van der Waals surface area contributed by atoms with Gasteiger partial charge in [-0.2, -0.15) is 0 Å². The molecule has 0 saturated heterocycles. The van der Waals surface area contributed by atoms with E-state index in [-0.39, 0.29) is 6.10 Å². The molecule has 0 saturated carbocycles. The van der Waals surface area contributed by atoms with Gasteiger partial charge < -0.3 is 4.74 Å². The molecule has 3 heteroatoms. The van der Waals surface area contributed by atoms with Crippen molar-refractivity contribution in [3.05, 3.63) is 42.2 Å². The Balaban J connectivity index is 1.88. The normalized spacial score (nSPS) is 12.1. The van der Waals surface area contributed by atoms with Crippen LogP contribution in [-0.2, 0) is 6.42 Å². The first-order valence-electron chi connectivity index (χ1n) is 9.31. The van der Waals surface area contributed by atoms with Crippen LogP contribution in [0.3, 0.4) is 0 Å². The summed E-state index contributed by atoms with van der Waals surface area (Å²) >= 11 is 0. The molecule has 0 fully saturated rings. The smallest absolute Gasteiger partial charge is 0.159 e. The SMILES string of the molecule is CCCCCCC(C)Oc1ccc(-c2ncc(CCC)cn2)cc1. The van der Waals surface area contributed by atoms with Gasteiger partial charge in [0.15, 0.2) is 5.82 Å². The summed E-state index contributed by atoms with van der Waals surface area (Å²) in [5, 5.41) is 0. The zero-order chi connectivity index (χ0) is 17.2. The predicted molar refractivity (Wildman–Crippen MR) is 100 cm³/mol. The lowest BCUT2D eigenvalue weighted by Gasteiger charge is -2.14. The Morgan fingerprint density at radius 2 is 1.62 bits per heavy atom. The molecule has 1 atom stereocenters. The fourth-order valence-corrected chi connectivity index (χ4v) is 2.75. The lowest BCUT2D eigenvalue weighted by molar-refractivity contribution is 0.206. The van der Waals surface area contributed by atoms with Gasteiger partial charge in [-0.3, -0.25) is 0 Å². The first-order chi connectivity index (χ1) is 11.7. The number of benzene rings is 1. The van der Waals surface area contributed by atoms with Crippen molar-refractivity contribution >= 4 is 0 Å². The maximum absolute atomic E-state index is 6.00. The molecule has 1 aromatic carbocycles. The molecule has 0 aliphatic heterocycles. The van der Waals surface area contributed by atoms with Crippen molar-refractivity contribution in [1.82, 2.24) is 9.97 Å². The highest BCUT2D eigenvalue weighted by Gasteiger charge is 2.06. The number of nitrogens with zero attached hydrogens (tertiary/aromatic N) is 2. The van der Waals surface area contributed by atoms with Gasteiger partial charge in [0, 0.05) is 18.0 Å². The van der Waals surface area contributed by atoms with Gasteiger partial charge in [-0.25, -0.2) is 9.97 Å². The van der Waals surface area contributed by atoms with Gasteiger partial charge in [0.25, 0.3) is 0 Å². The Bertz CT molecular complexity index is 578. The summed E-state index contributed by atoms with van der Waals surface area (Å²) in [6.45, 7) is 6.55. The quantitative estimate of drug-likeness (QED) is 0.515. The highest BCUT2D eigenvalue weighted by atomic mass is 16.5. The van der Waals surface area contributed by atoms with Crippen molar-refractivity contribution in [1.29, 1.82) is 0 Å². The second kappa shape index (κ2) is 10.1. The van der Waals surface area contributed by atoms with Crippen molar-refractivity contribution < 1.29 is 4.74 Å². The standard InChI is InChI=1S/C21H30N2O/c1-4-6-7-8-10-17(3)24-20-13-11-19(12-14-20)21-22-15-18(9-5-2)16-23-21/h11-17H,4-10H2,1-3H3. The molecule has 0 bridgehead atoms. The van der Waals surface area contributed by atoms with Crippen LogP contribution in [0.2, 0.25) is 0 Å². The highest BCUT2D eigenvalue weighted by molar-refractivity contribution is 5.55. The van der Waals surface area contributed by atoms with Crippen molar-refractivity contribution in [3.8, 4) is 17.1 Å². The molecule has 2 rings (SSSR count). The van der Waals surface area contributed by atoms with Crippen LogP contribution in [0.1, 0.15) is 64.9 Å². The van der Waals surface area contributed by atoms with E-state index in [1.807, 2.05) is 36.7 Å². The number of ether oxygens (including phenoxy) is 1. The van der Waals surface area contributed by atoms with E-state index in [4.69, 9.17) is 4.74 Å². The van der Waals surface area contributed by atoms with Crippen LogP contribution in [0.4, 0.5) is 0 Å². The van der Waals surface area contributed by atoms with E-state index in [2.05, 4.69) is 30.7 Å². The van der Waals surface area contributed by atoms with Crippen molar-refractivity contribution in [3.63, 3.8) is 0 Å². The average Bonchev–Trinajstić information content (AvgIpc) is 2.60. The zero-order valence-electron chi connectivity index (χ0n) is 15.3. The van der Waals surface area contributed by atoms with Crippen LogP contribution >= 0.6 is 0 Å². The average molecular weight is 326 g/mol. The summed E-state index contributed by atoms with van der Waals surface area (Å²) in [4.78, 5) is 8.93. The maximum atomic E-state index is 6.00. The molecule has 1 unspecified atom stereocenters. The van der Waals surface area contributed by atoms with Gasteiger partial charge in [-0.05, 0) is 56.0 Å². The van der Waals surface area contributed by atoms with E-state index >= 15 is 0 Å². The minimum Gasteiger partial charge on any atom is -0.491 e. The summed E-state index contributed by atoms with van der Waals surface area (Å²) in [5.41, 5.74) is 2.22. The van der Waals surface area contributed by atoms with E-state index in [1.54, 1.807) is 0 Å². The third-order valence-electron chi connectivity index (χ3n) is 4.16. The van der Waals surface area contributed by atoms with E-state index in [0.717, 1.165) is 36.4 Å². The Hall–Kier alpha value is -1.90. The second-order valence-electron chi connectivity index (χ2n) is 6.47. The minimum atomic E-state index is 0.261. The summed E-state index contributed by atoms with van der Waals surface area (Å²) in [7, 11) is 0. The van der Waals surface area contributed by atoms with Gasteiger partial charge >= 0.3 is 0 Å². The van der Waals surface area contributed by atoms with E-state index in [1.165, 1.54) is 31.2 Å². The number of aryl methyl sites for hydroxylation is 1. The molecule has 0 radical (unpaired) electrons. The van der Waals surface area contributed by atoms with Crippen molar-refractivity contribution in [2.24, 2.45) is 0 Å². The van der Waals surface area contributed by atoms with Gasteiger partial charge in [0.05, 0.1) is 6.10 Å². The van der Waals surface area contributed by atoms with Crippen molar-refractivity contribution in [2.75, 3.05) is 0 Å². The van der Waals surface area contributed by atoms with Crippen LogP contribution in [0.15, 0.2) is 36.7 Å². The zero-order valence-corrected chi connectivity index (χ0v) is 15.3. The monoisotopic (exact) mass is 326 g/mol. The van der Waals surface area contributed by atoms with Crippen LogP contribution in [0.5, 0.6) is 5.75 Å². The molecule has 24 heavy (non-hydrogen) atoms. The predicted octanol–water partition coefficient (Wildman–Crippen LogP) is 5.83. The first kappa shape index (κ1) is 18.4. The summed E-state index contributed by atoms with van der Waals surface area (Å²) < 4.78 is 6.00. The number of hydrogen-bond acceptors (Lipinski definition) is 3. The molecule has 3 nitrogen and oxygen atoms in total. The van der Waals surface area contributed by atoms with Crippen LogP contribution in [0.25, 0.3) is 11.4 Å². The van der Waals surface area contributed by atoms with Crippen LogP contribution in [-0.4, -0.2) is 16.1 Å².